The molecule has 0 N–H and O–H groups in total. The zero-order chi connectivity index (χ0) is 20.1. The fourth-order valence-electron chi connectivity index (χ4n) is 3.18. The van der Waals surface area contributed by atoms with Gasteiger partial charge in [0.1, 0.15) is 11.9 Å². The van der Waals surface area contributed by atoms with Crippen molar-refractivity contribution in [2.75, 3.05) is 26.8 Å². The Morgan fingerprint density at radius 3 is 2.69 bits per heavy atom. The summed E-state index contributed by atoms with van der Waals surface area (Å²) in [6.45, 7) is 1.68. The summed E-state index contributed by atoms with van der Waals surface area (Å²) in [5.74, 6) is 1.81. The summed E-state index contributed by atoms with van der Waals surface area (Å²) < 4.78 is 16.5. The van der Waals surface area contributed by atoms with Gasteiger partial charge in [-0.05, 0) is 17.7 Å². The lowest BCUT2D eigenvalue weighted by molar-refractivity contribution is -0.139. The van der Waals surface area contributed by atoms with Crippen molar-refractivity contribution in [3.05, 3.63) is 66.0 Å². The van der Waals surface area contributed by atoms with Crippen LogP contribution < -0.4 is 4.74 Å². The number of rotatable bonds is 8. The van der Waals surface area contributed by atoms with Gasteiger partial charge in [-0.2, -0.15) is 4.98 Å². The van der Waals surface area contributed by atoms with E-state index in [1.54, 1.807) is 7.11 Å². The van der Waals surface area contributed by atoms with Gasteiger partial charge in [0, 0.05) is 13.5 Å². The summed E-state index contributed by atoms with van der Waals surface area (Å²) in [6.07, 6.45) is 0.951. The molecule has 0 atom stereocenters. The van der Waals surface area contributed by atoms with Crippen molar-refractivity contribution in [3.8, 4) is 17.2 Å². The number of amides is 1. The molecular weight excluding hydrogens is 370 g/mol. The van der Waals surface area contributed by atoms with E-state index in [1.807, 2.05) is 59.5 Å². The maximum Gasteiger partial charge on any atom is 0.261 e. The van der Waals surface area contributed by atoms with E-state index in [4.69, 9.17) is 14.0 Å². The lowest BCUT2D eigenvalue weighted by Gasteiger charge is -2.39. The number of likely N-dealkylation sites (tertiary alicyclic amines) is 1. The number of nitrogens with zero attached hydrogens (tertiary/aromatic N) is 3. The minimum absolute atomic E-state index is 0.0493. The fourth-order valence-corrected chi connectivity index (χ4v) is 3.18. The highest BCUT2D eigenvalue weighted by Gasteiger charge is 2.32. The summed E-state index contributed by atoms with van der Waals surface area (Å²) in [5.41, 5.74) is 1.77. The molecule has 1 aliphatic rings. The van der Waals surface area contributed by atoms with Crippen LogP contribution in [0.4, 0.5) is 0 Å². The van der Waals surface area contributed by atoms with Gasteiger partial charge < -0.3 is 18.9 Å². The Balaban J connectivity index is 1.35. The second kappa shape index (κ2) is 8.87. The number of carbonyl (C=O) groups is 1. The predicted molar refractivity (Wildman–Crippen MR) is 106 cm³/mol. The van der Waals surface area contributed by atoms with Gasteiger partial charge in [0.2, 0.25) is 5.91 Å². The molecule has 0 radical (unpaired) electrons. The Labute approximate surface area is 169 Å². The van der Waals surface area contributed by atoms with Crippen molar-refractivity contribution in [3.63, 3.8) is 0 Å². The van der Waals surface area contributed by atoms with Gasteiger partial charge in [0.05, 0.1) is 31.7 Å². The molecule has 3 aromatic rings. The minimum atomic E-state index is -0.0493. The summed E-state index contributed by atoms with van der Waals surface area (Å²) in [5, 5.41) is 3.99. The molecule has 2 heterocycles. The first-order valence-electron chi connectivity index (χ1n) is 9.62. The summed E-state index contributed by atoms with van der Waals surface area (Å²) >= 11 is 0. The van der Waals surface area contributed by atoms with Crippen LogP contribution in [0.15, 0.2) is 59.1 Å². The molecule has 150 valence electrons. The van der Waals surface area contributed by atoms with Gasteiger partial charge in [0.25, 0.3) is 5.89 Å². The van der Waals surface area contributed by atoms with Crippen LogP contribution in [-0.4, -0.2) is 53.9 Å². The van der Waals surface area contributed by atoms with Crippen LogP contribution in [0.2, 0.25) is 0 Å². The molecule has 1 fully saturated rings. The Morgan fingerprint density at radius 1 is 1.14 bits per heavy atom. The van der Waals surface area contributed by atoms with E-state index in [0.29, 0.717) is 50.0 Å². The van der Waals surface area contributed by atoms with Crippen LogP contribution in [0.25, 0.3) is 11.5 Å². The molecule has 1 aliphatic heterocycles. The van der Waals surface area contributed by atoms with Gasteiger partial charge in [-0.3, -0.25) is 4.79 Å². The van der Waals surface area contributed by atoms with Crippen LogP contribution in [-0.2, 0) is 22.4 Å². The summed E-state index contributed by atoms with van der Waals surface area (Å²) in [6, 6.07) is 17.3. The molecule has 0 aliphatic carbocycles. The molecule has 1 saturated heterocycles. The Morgan fingerprint density at radius 2 is 1.90 bits per heavy atom. The molecule has 0 saturated carbocycles. The van der Waals surface area contributed by atoms with E-state index in [-0.39, 0.29) is 12.0 Å². The molecule has 4 rings (SSSR count). The number of benzene rings is 2. The number of hydrogen-bond acceptors (Lipinski definition) is 6. The molecule has 2 aromatic carbocycles. The molecule has 0 bridgehead atoms. The van der Waals surface area contributed by atoms with E-state index < -0.39 is 0 Å². The molecule has 0 spiro atoms. The second-order valence-corrected chi connectivity index (χ2v) is 6.96. The maximum atomic E-state index is 12.4. The van der Waals surface area contributed by atoms with Gasteiger partial charge in [-0.15, -0.1) is 0 Å². The summed E-state index contributed by atoms with van der Waals surface area (Å²) in [7, 11) is 1.64. The quantitative estimate of drug-likeness (QED) is 0.586. The smallest absolute Gasteiger partial charge is 0.261 e. The van der Waals surface area contributed by atoms with Gasteiger partial charge in [0.15, 0.2) is 5.82 Å². The molecule has 7 heteroatoms. The standard InChI is InChI=1S/C22H23N3O4/c1-27-12-11-20-23-22(29-24-20)18-9-5-6-10-19(18)28-17-14-25(15-17)21(26)13-16-7-3-2-4-8-16/h2-10,17H,11-15H2,1H3. The number of hydrogen-bond donors (Lipinski definition) is 0. The van der Waals surface area contributed by atoms with E-state index in [9.17, 15) is 4.79 Å². The number of ether oxygens (including phenoxy) is 2. The lowest BCUT2D eigenvalue weighted by Crippen LogP contribution is -2.56. The maximum absolute atomic E-state index is 12.4. The molecular formula is C22H23N3O4. The SMILES string of the molecule is COCCc1noc(-c2ccccc2OC2CN(C(=O)Cc3ccccc3)C2)n1. The largest absolute Gasteiger partial charge is 0.486 e. The average Bonchev–Trinajstić information content (AvgIpc) is 3.18. The normalized spacial score (nSPS) is 13.9. The van der Waals surface area contributed by atoms with E-state index in [2.05, 4.69) is 10.1 Å². The van der Waals surface area contributed by atoms with Crippen molar-refractivity contribution in [1.29, 1.82) is 0 Å². The molecule has 0 unspecified atom stereocenters. The third kappa shape index (κ3) is 4.63. The zero-order valence-corrected chi connectivity index (χ0v) is 16.3. The van der Waals surface area contributed by atoms with E-state index >= 15 is 0 Å². The molecule has 1 aromatic heterocycles. The van der Waals surface area contributed by atoms with Crippen LogP contribution in [0.5, 0.6) is 5.75 Å². The first-order chi connectivity index (χ1) is 14.2. The first-order valence-corrected chi connectivity index (χ1v) is 9.62. The van der Waals surface area contributed by atoms with Crippen LogP contribution in [0.3, 0.4) is 0 Å². The van der Waals surface area contributed by atoms with Crippen LogP contribution in [0, 0.1) is 0 Å². The number of carbonyl (C=O) groups excluding carboxylic acids is 1. The van der Waals surface area contributed by atoms with Crippen molar-refractivity contribution in [2.24, 2.45) is 0 Å². The van der Waals surface area contributed by atoms with Gasteiger partial charge >= 0.3 is 0 Å². The first kappa shape index (κ1) is 19.1. The Kier molecular flexibility index (Phi) is 5.86. The Hall–Kier alpha value is -3.19. The Bertz CT molecular complexity index is 951. The van der Waals surface area contributed by atoms with E-state index in [0.717, 1.165) is 11.1 Å². The van der Waals surface area contributed by atoms with E-state index in [1.165, 1.54) is 0 Å². The minimum Gasteiger partial charge on any atom is -0.486 e. The topological polar surface area (TPSA) is 77.7 Å². The number of para-hydroxylation sites is 1. The highest BCUT2D eigenvalue weighted by molar-refractivity contribution is 5.79. The average molecular weight is 393 g/mol. The third-order valence-electron chi connectivity index (χ3n) is 4.81. The van der Waals surface area contributed by atoms with Gasteiger partial charge in [-0.1, -0.05) is 47.6 Å². The monoisotopic (exact) mass is 393 g/mol. The fraction of sp³-hybridized carbons (Fsp3) is 0.318. The highest BCUT2D eigenvalue weighted by Crippen LogP contribution is 2.30. The highest BCUT2D eigenvalue weighted by atomic mass is 16.5. The van der Waals surface area contributed by atoms with Crippen molar-refractivity contribution in [1.82, 2.24) is 15.0 Å². The zero-order valence-electron chi connectivity index (χ0n) is 16.3. The van der Waals surface area contributed by atoms with Crippen molar-refractivity contribution in [2.45, 2.75) is 18.9 Å². The second-order valence-electron chi connectivity index (χ2n) is 6.96. The number of aromatic nitrogens is 2. The van der Waals surface area contributed by atoms with Crippen molar-refractivity contribution < 1.29 is 18.8 Å². The predicted octanol–water partition coefficient (Wildman–Crippen LogP) is 2.76. The van der Waals surface area contributed by atoms with Gasteiger partial charge in [-0.25, -0.2) is 0 Å². The molecule has 29 heavy (non-hydrogen) atoms. The third-order valence-corrected chi connectivity index (χ3v) is 4.81. The molecule has 1 amide bonds. The molecule has 7 nitrogen and oxygen atoms in total. The number of methoxy groups -OCH3 is 1. The lowest BCUT2D eigenvalue weighted by atomic mass is 10.1. The van der Waals surface area contributed by atoms with Crippen molar-refractivity contribution >= 4 is 5.91 Å². The summed E-state index contributed by atoms with van der Waals surface area (Å²) in [4.78, 5) is 18.6. The van der Waals surface area contributed by atoms with Crippen LogP contribution >= 0.6 is 0 Å². The van der Waals surface area contributed by atoms with Crippen LogP contribution in [0.1, 0.15) is 11.4 Å².